The highest BCUT2D eigenvalue weighted by Gasteiger charge is 2.40. The topological polar surface area (TPSA) is 94.1 Å². The van der Waals surface area contributed by atoms with Gasteiger partial charge in [-0.15, -0.1) is 0 Å². The Morgan fingerprint density at radius 3 is 2.61 bits per heavy atom. The number of hydrogen-bond acceptors (Lipinski definition) is 7. The van der Waals surface area contributed by atoms with E-state index < -0.39 is 5.79 Å². The van der Waals surface area contributed by atoms with Crippen molar-refractivity contribution in [3.63, 3.8) is 0 Å². The predicted molar refractivity (Wildman–Crippen MR) is 99.5 cm³/mol. The summed E-state index contributed by atoms with van der Waals surface area (Å²) in [5, 5.41) is 0. The van der Waals surface area contributed by atoms with Gasteiger partial charge in [-0.1, -0.05) is 0 Å². The van der Waals surface area contributed by atoms with Crippen LogP contribution in [0.2, 0.25) is 0 Å². The van der Waals surface area contributed by atoms with E-state index in [4.69, 9.17) is 14.2 Å². The zero-order valence-electron chi connectivity index (χ0n) is 16.3. The van der Waals surface area contributed by atoms with Crippen LogP contribution in [-0.4, -0.2) is 90.5 Å². The number of carbonyl (C=O) groups excluding carboxylic acids is 2. The molecule has 0 radical (unpaired) electrons. The fraction of sp³-hybridized carbons (Fsp3) is 0.684. The van der Waals surface area contributed by atoms with Crippen molar-refractivity contribution in [3.05, 3.63) is 24.3 Å². The van der Waals surface area contributed by atoms with Gasteiger partial charge < -0.3 is 24.0 Å². The standard InChI is InChI=1S/C19H28N4O5/c1-26-12-2-8-23(18(25)16-15-20-6-7-21-16)9-3-17(24)22-10-4-19(5-11-22)27-13-14-28-19/h6-7,15H,2-5,8-14H2,1H3. The highest BCUT2D eigenvalue weighted by atomic mass is 16.7. The summed E-state index contributed by atoms with van der Waals surface area (Å²) in [6, 6.07) is 0. The maximum absolute atomic E-state index is 12.7. The van der Waals surface area contributed by atoms with Crippen molar-refractivity contribution >= 4 is 11.8 Å². The molecule has 1 aromatic heterocycles. The zero-order valence-corrected chi connectivity index (χ0v) is 16.3. The number of rotatable bonds is 8. The van der Waals surface area contributed by atoms with Crippen LogP contribution in [0.4, 0.5) is 0 Å². The molecule has 1 spiro atoms. The molecule has 0 unspecified atom stereocenters. The van der Waals surface area contributed by atoms with Crippen LogP contribution < -0.4 is 0 Å². The van der Waals surface area contributed by atoms with E-state index in [-0.39, 0.29) is 23.9 Å². The first-order valence-corrected chi connectivity index (χ1v) is 9.73. The first-order chi connectivity index (χ1) is 13.6. The van der Waals surface area contributed by atoms with Crippen LogP contribution in [0.1, 0.15) is 36.2 Å². The van der Waals surface area contributed by atoms with Crippen molar-refractivity contribution in [2.45, 2.75) is 31.5 Å². The number of likely N-dealkylation sites (tertiary alicyclic amines) is 1. The molecule has 2 aliphatic rings. The molecule has 0 bridgehead atoms. The van der Waals surface area contributed by atoms with E-state index in [0.717, 1.165) is 0 Å². The molecule has 2 fully saturated rings. The Morgan fingerprint density at radius 1 is 1.21 bits per heavy atom. The molecule has 9 nitrogen and oxygen atoms in total. The summed E-state index contributed by atoms with van der Waals surface area (Å²) in [5.41, 5.74) is 0.280. The van der Waals surface area contributed by atoms with Gasteiger partial charge in [0, 0.05) is 71.6 Å². The van der Waals surface area contributed by atoms with Crippen LogP contribution in [0.5, 0.6) is 0 Å². The number of hydrogen-bond donors (Lipinski definition) is 0. The van der Waals surface area contributed by atoms with Crippen LogP contribution in [0.25, 0.3) is 0 Å². The summed E-state index contributed by atoms with van der Waals surface area (Å²) in [4.78, 5) is 36.9. The minimum atomic E-state index is -0.495. The molecule has 9 heteroatoms. The van der Waals surface area contributed by atoms with Gasteiger partial charge in [0.25, 0.3) is 5.91 Å². The Balaban J connectivity index is 1.52. The van der Waals surface area contributed by atoms with E-state index in [2.05, 4.69) is 9.97 Å². The molecule has 2 saturated heterocycles. The van der Waals surface area contributed by atoms with Crippen LogP contribution >= 0.6 is 0 Å². The molecule has 154 valence electrons. The van der Waals surface area contributed by atoms with Crippen LogP contribution in [0.15, 0.2) is 18.6 Å². The number of amides is 2. The summed E-state index contributed by atoms with van der Waals surface area (Å²) < 4.78 is 16.5. The summed E-state index contributed by atoms with van der Waals surface area (Å²) in [7, 11) is 1.62. The largest absolute Gasteiger partial charge is 0.385 e. The smallest absolute Gasteiger partial charge is 0.274 e. The third-order valence-corrected chi connectivity index (χ3v) is 5.13. The number of ether oxygens (including phenoxy) is 3. The van der Waals surface area contributed by atoms with Crippen molar-refractivity contribution in [1.29, 1.82) is 0 Å². The number of aromatic nitrogens is 2. The van der Waals surface area contributed by atoms with Gasteiger partial charge >= 0.3 is 0 Å². The maximum atomic E-state index is 12.7. The lowest BCUT2D eigenvalue weighted by Crippen LogP contribution is -2.48. The van der Waals surface area contributed by atoms with Crippen molar-refractivity contribution in [2.75, 3.05) is 53.1 Å². The van der Waals surface area contributed by atoms with E-state index in [1.807, 2.05) is 4.90 Å². The van der Waals surface area contributed by atoms with Crippen LogP contribution in [0.3, 0.4) is 0 Å². The first-order valence-electron chi connectivity index (χ1n) is 9.73. The Labute approximate surface area is 165 Å². The SMILES string of the molecule is COCCCN(CCC(=O)N1CCC2(CC1)OCCO2)C(=O)c1cnccn1. The van der Waals surface area contributed by atoms with Gasteiger partial charge in [-0.3, -0.25) is 14.6 Å². The first kappa shape index (κ1) is 20.6. The van der Waals surface area contributed by atoms with Gasteiger partial charge in [0.2, 0.25) is 5.91 Å². The lowest BCUT2D eigenvalue weighted by Gasteiger charge is -2.37. The van der Waals surface area contributed by atoms with Gasteiger partial charge in [-0.2, -0.15) is 0 Å². The fourth-order valence-corrected chi connectivity index (χ4v) is 3.56. The third-order valence-electron chi connectivity index (χ3n) is 5.13. The second-order valence-corrected chi connectivity index (χ2v) is 6.97. The molecule has 0 atom stereocenters. The monoisotopic (exact) mass is 392 g/mol. The molecule has 0 aliphatic carbocycles. The number of methoxy groups -OCH3 is 1. The molecule has 28 heavy (non-hydrogen) atoms. The lowest BCUT2D eigenvalue weighted by atomic mass is 10.0. The zero-order chi connectivity index (χ0) is 19.8. The maximum Gasteiger partial charge on any atom is 0.274 e. The molecule has 0 N–H and O–H groups in total. The molecule has 0 saturated carbocycles. The van der Waals surface area contributed by atoms with Crippen LogP contribution in [0, 0.1) is 0 Å². The quantitative estimate of drug-likeness (QED) is 0.602. The normalized spacial score (nSPS) is 18.4. The summed E-state index contributed by atoms with van der Waals surface area (Å²) in [6.07, 6.45) is 6.80. The highest BCUT2D eigenvalue weighted by molar-refractivity contribution is 5.92. The van der Waals surface area contributed by atoms with Gasteiger partial charge in [0.1, 0.15) is 5.69 Å². The summed E-state index contributed by atoms with van der Waals surface area (Å²) in [5.74, 6) is -0.677. The molecule has 2 amide bonds. The third kappa shape index (κ3) is 5.24. The van der Waals surface area contributed by atoms with Crippen molar-refractivity contribution < 1.29 is 23.8 Å². The summed E-state index contributed by atoms with van der Waals surface area (Å²) >= 11 is 0. The molecule has 2 aliphatic heterocycles. The molecular formula is C19H28N4O5. The average Bonchev–Trinajstić information content (AvgIpc) is 3.19. The fourth-order valence-electron chi connectivity index (χ4n) is 3.56. The molecule has 3 rings (SSSR count). The predicted octanol–water partition coefficient (Wildman–Crippen LogP) is 0.711. The summed E-state index contributed by atoms with van der Waals surface area (Å²) in [6.45, 7) is 3.85. The molecular weight excluding hydrogens is 364 g/mol. The van der Waals surface area contributed by atoms with Crippen molar-refractivity contribution in [2.24, 2.45) is 0 Å². The van der Waals surface area contributed by atoms with Crippen molar-refractivity contribution in [3.8, 4) is 0 Å². The van der Waals surface area contributed by atoms with E-state index >= 15 is 0 Å². The number of carbonyl (C=O) groups is 2. The lowest BCUT2D eigenvalue weighted by molar-refractivity contribution is -0.187. The van der Waals surface area contributed by atoms with Crippen LogP contribution in [-0.2, 0) is 19.0 Å². The Morgan fingerprint density at radius 2 is 1.96 bits per heavy atom. The Hall–Kier alpha value is -2.10. The number of nitrogens with zero attached hydrogens (tertiary/aromatic N) is 4. The average molecular weight is 392 g/mol. The Bertz CT molecular complexity index is 641. The number of piperidine rings is 1. The van der Waals surface area contributed by atoms with Gasteiger partial charge in [0.15, 0.2) is 5.79 Å². The van der Waals surface area contributed by atoms with Gasteiger partial charge in [-0.05, 0) is 6.42 Å². The second-order valence-electron chi connectivity index (χ2n) is 6.97. The minimum Gasteiger partial charge on any atom is -0.385 e. The highest BCUT2D eigenvalue weighted by Crippen LogP contribution is 2.31. The van der Waals surface area contributed by atoms with E-state index in [1.54, 1.807) is 12.0 Å². The Kier molecular flexibility index (Phi) is 7.30. The van der Waals surface area contributed by atoms with Gasteiger partial charge in [-0.25, -0.2) is 4.98 Å². The van der Waals surface area contributed by atoms with Gasteiger partial charge in [0.05, 0.1) is 19.4 Å². The molecule has 0 aromatic carbocycles. The molecule has 3 heterocycles. The van der Waals surface area contributed by atoms with E-state index in [1.165, 1.54) is 18.6 Å². The van der Waals surface area contributed by atoms with E-state index in [0.29, 0.717) is 65.3 Å². The minimum absolute atomic E-state index is 0.0385. The molecule has 1 aromatic rings. The van der Waals surface area contributed by atoms with Crippen molar-refractivity contribution in [1.82, 2.24) is 19.8 Å². The second kappa shape index (κ2) is 9.90. The van der Waals surface area contributed by atoms with E-state index in [9.17, 15) is 9.59 Å².